The summed E-state index contributed by atoms with van der Waals surface area (Å²) in [5.41, 5.74) is 8.18. The second-order valence-corrected chi connectivity index (χ2v) is 13.2. The summed E-state index contributed by atoms with van der Waals surface area (Å²) >= 11 is 0. The Kier molecular flexibility index (Phi) is 13.6. The summed E-state index contributed by atoms with van der Waals surface area (Å²) < 4.78 is 21.6. The van der Waals surface area contributed by atoms with Gasteiger partial charge in [-0.2, -0.15) is 0 Å². The van der Waals surface area contributed by atoms with Gasteiger partial charge in [-0.15, -0.1) is 0 Å². The number of carbonyl (C=O) groups is 5. The van der Waals surface area contributed by atoms with E-state index in [1.807, 2.05) is 6.07 Å². The van der Waals surface area contributed by atoms with Gasteiger partial charge in [0.25, 0.3) is 0 Å². The molecule has 0 saturated carbocycles. The number of methoxy groups -OCH3 is 3. The molecule has 0 fully saturated rings. The number of hydrogen-bond acceptors (Lipinski definition) is 10. The molecule has 1 aliphatic heterocycles. The minimum Gasteiger partial charge on any atom is -0.496 e. The first-order valence-corrected chi connectivity index (χ1v) is 16.3. The molecule has 3 rings (SSSR count). The van der Waals surface area contributed by atoms with Crippen molar-refractivity contribution in [2.24, 2.45) is 11.7 Å². The van der Waals surface area contributed by atoms with Crippen molar-refractivity contribution in [1.29, 1.82) is 0 Å². The number of nitrogens with one attached hydrogen (secondary N) is 2. The van der Waals surface area contributed by atoms with Crippen molar-refractivity contribution in [3.63, 3.8) is 0 Å². The summed E-state index contributed by atoms with van der Waals surface area (Å²) in [6.45, 7) is 7.28. The Morgan fingerprint density at radius 2 is 1.61 bits per heavy atom. The molecule has 0 unspecified atom stereocenters. The van der Waals surface area contributed by atoms with E-state index in [2.05, 4.69) is 10.6 Å². The molecule has 0 aliphatic carbocycles. The number of nitrogens with zero attached hydrogens (tertiary/aromatic N) is 1. The highest BCUT2D eigenvalue weighted by Crippen LogP contribution is 2.40. The maximum Gasteiger partial charge on any atom is 0.407 e. The zero-order valence-corrected chi connectivity index (χ0v) is 29.7. The molecule has 4 atom stereocenters. The summed E-state index contributed by atoms with van der Waals surface area (Å²) in [7, 11) is 5.81. The lowest BCUT2D eigenvalue weighted by molar-refractivity contribution is -0.145. The molecular weight excluding hydrogens is 632 g/mol. The first-order valence-electron chi connectivity index (χ1n) is 16.3. The van der Waals surface area contributed by atoms with Gasteiger partial charge in [0.2, 0.25) is 11.8 Å². The third kappa shape index (κ3) is 10.4. The summed E-state index contributed by atoms with van der Waals surface area (Å²) in [6.07, 6.45) is 0.805. The number of ketones is 1. The molecule has 0 radical (unpaired) electrons. The predicted molar refractivity (Wildman–Crippen MR) is 183 cm³/mol. The Hall–Kier alpha value is -4.65. The van der Waals surface area contributed by atoms with Crippen molar-refractivity contribution in [3.8, 4) is 22.6 Å². The van der Waals surface area contributed by atoms with Gasteiger partial charge >= 0.3 is 12.1 Å². The van der Waals surface area contributed by atoms with E-state index in [1.165, 1.54) is 33.3 Å². The molecule has 0 spiro atoms. The fourth-order valence-corrected chi connectivity index (χ4v) is 5.72. The Bertz CT molecular complexity index is 1520. The minimum atomic E-state index is -1.10. The maximum atomic E-state index is 14.1. The lowest BCUT2D eigenvalue weighted by Crippen LogP contribution is -2.47. The third-order valence-electron chi connectivity index (χ3n) is 8.26. The fraction of sp³-hybridized carbons (Fsp3) is 0.528. The number of alkyl carbamates (subject to hydrolysis) is 1. The summed E-state index contributed by atoms with van der Waals surface area (Å²) in [5.74, 6) is -1.81. The molecule has 268 valence electrons. The van der Waals surface area contributed by atoms with E-state index >= 15 is 0 Å². The number of fused-ring (bicyclic) bond motifs is 5. The third-order valence-corrected chi connectivity index (χ3v) is 8.26. The monoisotopic (exact) mass is 682 g/mol. The van der Waals surface area contributed by atoms with Crippen LogP contribution in [0, 0.1) is 5.92 Å². The van der Waals surface area contributed by atoms with Crippen LogP contribution in [-0.2, 0) is 35.1 Å². The van der Waals surface area contributed by atoms with Gasteiger partial charge in [-0.25, -0.2) is 9.59 Å². The van der Waals surface area contributed by atoms with Crippen molar-refractivity contribution >= 4 is 29.7 Å². The molecule has 1 aliphatic rings. The quantitative estimate of drug-likeness (QED) is 0.248. The standard InChI is InChI=1S/C36H50N4O9/c1-21-17-28(41)31(40(5)33(43)26(37)11-9-10-16-38-35(45)49-36(2,3)4)23-13-15-30(47-7)25(20-23)24-18-22(12-14-29(24)46-6)19-27(34(44)48-8)39-32(21)42/h12-15,18,20-21,26-27,31H,9-11,16-17,19,37H2,1-8H3,(H,38,45)(H,39,42)/t21-,26+,27+,31+/m1/s1. The molecule has 1 heterocycles. The Morgan fingerprint density at radius 3 is 2.22 bits per heavy atom. The number of rotatable bonds is 10. The number of carbonyl (C=O) groups excluding carboxylic acids is 5. The van der Waals surface area contributed by atoms with Gasteiger partial charge in [-0.1, -0.05) is 19.1 Å². The van der Waals surface area contributed by atoms with Crippen molar-refractivity contribution < 1.29 is 42.9 Å². The summed E-state index contributed by atoms with van der Waals surface area (Å²) in [4.78, 5) is 67.1. The zero-order valence-electron chi connectivity index (χ0n) is 29.7. The van der Waals surface area contributed by atoms with Crippen LogP contribution in [0.3, 0.4) is 0 Å². The first-order chi connectivity index (χ1) is 23.1. The van der Waals surface area contributed by atoms with E-state index in [0.717, 1.165) is 5.56 Å². The lowest BCUT2D eigenvalue weighted by Gasteiger charge is -2.31. The van der Waals surface area contributed by atoms with Crippen molar-refractivity contribution in [2.45, 2.75) is 83.5 Å². The van der Waals surface area contributed by atoms with E-state index in [0.29, 0.717) is 54.0 Å². The maximum absolute atomic E-state index is 14.1. The largest absolute Gasteiger partial charge is 0.496 e. The topological polar surface area (TPSA) is 176 Å². The van der Waals surface area contributed by atoms with Gasteiger partial charge in [0.05, 0.1) is 27.4 Å². The Balaban J connectivity index is 1.97. The van der Waals surface area contributed by atoms with Gasteiger partial charge in [-0.3, -0.25) is 14.4 Å². The molecule has 13 heteroatoms. The Labute approximate surface area is 288 Å². The van der Waals surface area contributed by atoms with Crippen LogP contribution in [0.15, 0.2) is 36.4 Å². The Morgan fingerprint density at radius 1 is 0.980 bits per heavy atom. The average Bonchev–Trinajstić information content (AvgIpc) is 3.05. The van der Waals surface area contributed by atoms with E-state index in [-0.39, 0.29) is 12.8 Å². The number of amides is 3. The highest BCUT2D eigenvalue weighted by Gasteiger charge is 2.35. The number of likely N-dealkylation sites (N-methyl/N-ethyl adjacent to an activating group) is 1. The van der Waals surface area contributed by atoms with Crippen molar-refractivity contribution in [1.82, 2.24) is 15.5 Å². The molecule has 4 bridgehead atoms. The van der Waals surface area contributed by atoms with Crippen LogP contribution in [0.2, 0.25) is 0 Å². The average molecular weight is 683 g/mol. The predicted octanol–water partition coefficient (Wildman–Crippen LogP) is 3.70. The fourth-order valence-electron chi connectivity index (χ4n) is 5.72. The SMILES string of the molecule is COC(=O)[C@@H]1Cc2ccc(OC)c(c2)-c2cc(ccc2OC)[C@H](N(C)C(=O)[C@@H](N)CCCCNC(=O)OC(C)(C)C)C(=O)C[C@@H](C)C(=O)N1. The summed E-state index contributed by atoms with van der Waals surface area (Å²) in [5, 5.41) is 5.43. The second-order valence-electron chi connectivity index (χ2n) is 13.2. The molecule has 13 nitrogen and oxygen atoms in total. The zero-order chi connectivity index (χ0) is 36.5. The van der Waals surface area contributed by atoms with Crippen LogP contribution < -0.4 is 25.8 Å². The molecule has 49 heavy (non-hydrogen) atoms. The van der Waals surface area contributed by atoms with Crippen molar-refractivity contribution in [2.75, 3.05) is 34.9 Å². The lowest BCUT2D eigenvalue weighted by atomic mass is 9.89. The van der Waals surface area contributed by atoms with Crippen LogP contribution in [0.1, 0.15) is 70.5 Å². The van der Waals surface area contributed by atoms with E-state index in [1.54, 1.807) is 58.0 Å². The smallest absolute Gasteiger partial charge is 0.407 e. The van der Waals surface area contributed by atoms with Gasteiger partial charge in [-0.05, 0) is 75.4 Å². The molecule has 2 aromatic rings. The highest BCUT2D eigenvalue weighted by molar-refractivity contribution is 5.95. The van der Waals surface area contributed by atoms with Crippen LogP contribution in [0.5, 0.6) is 11.5 Å². The molecule has 2 aromatic carbocycles. The second kappa shape index (κ2) is 17.1. The van der Waals surface area contributed by atoms with Gasteiger partial charge in [0.1, 0.15) is 29.2 Å². The van der Waals surface area contributed by atoms with Crippen LogP contribution >= 0.6 is 0 Å². The number of hydrogen-bond donors (Lipinski definition) is 3. The first kappa shape index (κ1) is 38.8. The van der Waals surface area contributed by atoms with Crippen LogP contribution in [0.25, 0.3) is 11.1 Å². The van der Waals surface area contributed by atoms with Gasteiger partial charge in [0.15, 0.2) is 5.78 Å². The van der Waals surface area contributed by atoms with E-state index in [9.17, 15) is 24.0 Å². The molecule has 4 N–H and O–H groups in total. The number of esters is 1. The van der Waals surface area contributed by atoms with Crippen LogP contribution in [-0.4, -0.2) is 87.2 Å². The van der Waals surface area contributed by atoms with Crippen LogP contribution in [0.4, 0.5) is 4.79 Å². The molecule has 0 aromatic heterocycles. The number of unbranched alkanes of at least 4 members (excludes halogenated alkanes) is 1. The van der Waals surface area contributed by atoms with E-state index < -0.39 is 59.3 Å². The van der Waals surface area contributed by atoms with E-state index in [4.69, 9.17) is 24.7 Å². The number of ether oxygens (including phenoxy) is 4. The molecule has 3 amide bonds. The number of benzene rings is 2. The minimum absolute atomic E-state index is 0.132. The van der Waals surface area contributed by atoms with Gasteiger partial charge < -0.3 is 40.2 Å². The normalized spacial score (nSPS) is 18.7. The van der Waals surface area contributed by atoms with Crippen molar-refractivity contribution in [3.05, 3.63) is 47.5 Å². The number of Topliss-reactive ketones (excluding diaryl/α,β-unsaturated/α-hetero) is 1. The number of nitrogens with two attached hydrogens (primary N) is 1. The highest BCUT2D eigenvalue weighted by atomic mass is 16.6. The summed E-state index contributed by atoms with van der Waals surface area (Å²) in [6, 6.07) is 7.54. The molecule has 0 saturated heterocycles. The molecular formula is C36H50N4O9. The van der Waals surface area contributed by atoms with Gasteiger partial charge in [0, 0.05) is 43.5 Å².